The van der Waals surface area contributed by atoms with Crippen LogP contribution in [0.5, 0.6) is 5.75 Å². The Morgan fingerprint density at radius 3 is 2.44 bits per heavy atom. The van der Waals surface area contributed by atoms with Gasteiger partial charge in [-0.1, -0.05) is 19.1 Å². The van der Waals surface area contributed by atoms with E-state index in [1.807, 2.05) is 31.2 Å². The fourth-order valence-electron chi connectivity index (χ4n) is 4.41. The molecule has 8 heteroatoms. The number of nitrogens with zero attached hydrogens (tertiary/aromatic N) is 2. The predicted octanol–water partition coefficient (Wildman–Crippen LogP) is 2.22. The van der Waals surface area contributed by atoms with Gasteiger partial charge in [0.15, 0.2) is 0 Å². The van der Waals surface area contributed by atoms with Gasteiger partial charge in [0.1, 0.15) is 11.9 Å². The van der Waals surface area contributed by atoms with E-state index in [0.29, 0.717) is 45.0 Å². The van der Waals surface area contributed by atoms with Crippen LogP contribution in [0.3, 0.4) is 0 Å². The standard InChI is InChI=1S/C24H39N3O5/c1-4-15-26(3)19-13-16-27(17-14-19)24(30)21(22(28)23(29)25-31)8-6-7-18-9-11-20(12-10-18)32-5-2/h9-12,19,21-22,28,31H,4-8,13-17H2,1-3H3,(H,25,29)/t21-,22+/m1/s1. The van der Waals surface area contributed by atoms with E-state index in [-0.39, 0.29) is 5.91 Å². The van der Waals surface area contributed by atoms with Crippen LogP contribution < -0.4 is 10.2 Å². The predicted molar refractivity (Wildman–Crippen MR) is 122 cm³/mol. The van der Waals surface area contributed by atoms with Crippen molar-refractivity contribution < 1.29 is 24.6 Å². The molecule has 0 aromatic heterocycles. The summed E-state index contributed by atoms with van der Waals surface area (Å²) in [6, 6.07) is 8.24. The number of hydrogen-bond acceptors (Lipinski definition) is 6. The van der Waals surface area contributed by atoms with E-state index in [0.717, 1.165) is 37.1 Å². The second-order valence-electron chi connectivity index (χ2n) is 8.53. The van der Waals surface area contributed by atoms with Gasteiger partial charge in [-0.2, -0.15) is 0 Å². The molecule has 3 N–H and O–H groups in total. The first kappa shape index (κ1) is 26.1. The van der Waals surface area contributed by atoms with Gasteiger partial charge in [0.2, 0.25) is 5.91 Å². The van der Waals surface area contributed by atoms with Crippen LogP contribution in [0, 0.1) is 5.92 Å². The highest BCUT2D eigenvalue weighted by atomic mass is 16.5. The highest BCUT2D eigenvalue weighted by molar-refractivity contribution is 5.88. The van der Waals surface area contributed by atoms with Gasteiger partial charge in [0.25, 0.3) is 5.91 Å². The quantitative estimate of drug-likeness (QED) is 0.334. The van der Waals surface area contributed by atoms with E-state index in [2.05, 4.69) is 18.9 Å². The molecule has 2 rings (SSSR count). The topological polar surface area (TPSA) is 102 Å². The summed E-state index contributed by atoms with van der Waals surface area (Å²) in [5.74, 6) is -1.23. The molecule has 0 aliphatic carbocycles. The van der Waals surface area contributed by atoms with Crippen molar-refractivity contribution in [2.75, 3.05) is 33.3 Å². The zero-order valence-electron chi connectivity index (χ0n) is 19.6. The summed E-state index contributed by atoms with van der Waals surface area (Å²) in [7, 11) is 2.12. The minimum atomic E-state index is -1.58. The number of aryl methyl sites for hydroxylation is 1. The normalized spacial score (nSPS) is 16.6. The summed E-state index contributed by atoms with van der Waals surface area (Å²) in [4.78, 5) is 29.2. The third-order valence-electron chi connectivity index (χ3n) is 6.27. The zero-order chi connectivity index (χ0) is 23.5. The number of hydrogen-bond donors (Lipinski definition) is 3. The summed E-state index contributed by atoms with van der Waals surface area (Å²) < 4.78 is 5.45. The lowest BCUT2D eigenvalue weighted by atomic mass is 9.91. The van der Waals surface area contributed by atoms with Crippen LogP contribution in [0.15, 0.2) is 24.3 Å². The molecule has 0 radical (unpaired) electrons. The molecule has 0 unspecified atom stereocenters. The first-order chi connectivity index (χ1) is 15.4. The van der Waals surface area contributed by atoms with Crippen molar-refractivity contribution in [3.63, 3.8) is 0 Å². The largest absolute Gasteiger partial charge is 0.494 e. The highest BCUT2D eigenvalue weighted by Gasteiger charge is 2.36. The lowest BCUT2D eigenvalue weighted by Crippen LogP contribution is -2.51. The Kier molecular flexibility index (Phi) is 10.9. The number of rotatable bonds is 12. The van der Waals surface area contributed by atoms with Crippen molar-refractivity contribution in [3.05, 3.63) is 29.8 Å². The van der Waals surface area contributed by atoms with Crippen molar-refractivity contribution in [3.8, 4) is 5.75 Å². The fraction of sp³-hybridized carbons (Fsp3) is 0.667. The number of benzene rings is 1. The number of piperidine rings is 1. The van der Waals surface area contributed by atoms with Gasteiger partial charge in [-0.15, -0.1) is 0 Å². The minimum Gasteiger partial charge on any atom is -0.494 e. The summed E-state index contributed by atoms with van der Waals surface area (Å²) in [5.41, 5.74) is 2.58. The lowest BCUT2D eigenvalue weighted by molar-refractivity contribution is -0.151. The van der Waals surface area contributed by atoms with Gasteiger partial charge in [0, 0.05) is 19.1 Å². The molecule has 1 aromatic rings. The number of ether oxygens (including phenoxy) is 1. The molecule has 0 bridgehead atoms. The molecule has 180 valence electrons. The van der Waals surface area contributed by atoms with Crippen LogP contribution in [0.25, 0.3) is 0 Å². The molecule has 1 aliphatic heterocycles. The average molecular weight is 450 g/mol. The maximum absolute atomic E-state index is 13.2. The summed E-state index contributed by atoms with van der Waals surface area (Å²) in [6.45, 7) is 6.95. The Labute approximate surface area is 191 Å². The molecule has 1 saturated heterocycles. The van der Waals surface area contributed by atoms with Crippen LogP contribution in [-0.2, 0) is 16.0 Å². The van der Waals surface area contributed by atoms with Crippen LogP contribution in [0.1, 0.15) is 51.5 Å². The van der Waals surface area contributed by atoms with Gasteiger partial charge in [-0.25, -0.2) is 5.48 Å². The van der Waals surface area contributed by atoms with Crippen LogP contribution in [0.2, 0.25) is 0 Å². The number of carbonyl (C=O) groups excluding carboxylic acids is 2. The van der Waals surface area contributed by atoms with E-state index in [9.17, 15) is 14.7 Å². The molecule has 1 aromatic carbocycles. The van der Waals surface area contributed by atoms with Crippen molar-refractivity contribution in [1.29, 1.82) is 0 Å². The zero-order valence-corrected chi connectivity index (χ0v) is 19.6. The molecule has 32 heavy (non-hydrogen) atoms. The summed E-state index contributed by atoms with van der Waals surface area (Å²) in [5, 5.41) is 19.4. The molecule has 0 spiro atoms. The summed E-state index contributed by atoms with van der Waals surface area (Å²) >= 11 is 0. The molecule has 2 atom stereocenters. The van der Waals surface area contributed by atoms with Crippen LogP contribution in [0.4, 0.5) is 0 Å². The molecule has 1 heterocycles. The smallest absolute Gasteiger partial charge is 0.272 e. The average Bonchev–Trinajstić information content (AvgIpc) is 2.82. The Balaban J connectivity index is 1.96. The van der Waals surface area contributed by atoms with Crippen molar-refractivity contribution in [1.82, 2.24) is 15.3 Å². The Hall–Kier alpha value is -2.16. The number of aliphatic hydroxyl groups is 1. The minimum absolute atomic E-state index is 0.218. The SMILES string of the molecule is CCCN(C)C1CCN(C(=O)[C@H](CCCc2ccc(OCC)cc2)[C@H](O)C(=O)NO)CC1. The fourth-order valence-corrected chi connectivity index (χ4v) is 4.41. The van der Waals surface area contributed by atoms with Crippen LogP contribution in [-0.4, -0.2) is 77.4 Å². The van der Waals surface area contributed by atoms with Crippen molar-refractivity contribution in [2.24, 2.45) is 5.92 Å². The second kappa shape index (κ2) is 13.4. The molecular formula is C24H39N3O5. The first-order valence-corrected chi connectivity index (χ1v) is 11.7. The van der Waals surface area contributed by atoms with E-state index < -0.39 is 17.9 Å². The first-order valence-electron chi connectivity index (χ1n) is 11.7. The molecule has 8 nitrogen and oxygen atoms in total. The summed E-state index contributed by atoms with van der Waals surface area (Å²) in [6.07, 6.45) is 2.98. The molecule has 1 fully saturated rings. The highest BCUT2D eigenvalue weighted by Crippen LogP contribution is 2.23. The lowest BCUT2D eigenvalue weighted by Gasteiger charge is -2.38. The van der Waals surface area contributed by atoms with E-state index in [1.54, 1.807) is 4.90 Å². The van der Waals surface area contributed by atoms with Crippen LogP contribution >= 0.6 is 0 Å². The molecule has 2 amide bonds. The monoisotopic (exact) mass is 449 g/mol. The maximum atomic E-state index is 13.2. The van der Waals surface area contributed by atoms with Gasteiger partial charge in [-0.3, -0.25) is 14.8 Å². The van der Waals surface area contributed by atoms with E-state index in [1.165, 1.54) is 5.48 Å². The Morgan fingerprint density at radius 1 is 1.22 bits per heavy atom. The second-order valence-corrected chi connectivity index (χ2v) is 8.53. The van der Waals surface area contributed by atoms with Gasteiger partial charge >= 0.3 is 0 Å². The third kappa shape index (κ3) is 7.46. The van der Waals surface area contributed by atoms with E-state index >= 15 is 0 Å². The number of amides is 2. The maximum Gasteiger partial charge on any atom is 0.272 e. The van der Waals surface area contributed by atoms with E-state index in [4.69, 9.17) is 9.94 Å². The van der Waals surface area contributed by atoms with Gasteiger partial charge < -0.3 is 19.6 Å². The van der Waals surface area contributed by atoms with Gasteiger partial charge in [-0.05, 0) is 76.7 Å². The Morgan fingerprint density at radius 2 is 1.88 bits per heavy atom. The number of aliphatic hydroxyl groups excluding tert-OH is 1. The number of hydroxylamine groups is 1. The third-order valence-corrected chi connectivity index (χ3v) is 6.27. The number of carbonyl (C=O) groups is 2. The molecular weight excluding hydrogens is 410 g/mol. The van der Waals surface area contributed by atoms with Crippen molar-refractivity contribution in [2.45, 2.75) is 64.5 Å². The number of nitrogens with one attached hydrogen (secondary N) is 1. The van der Waals surface area contributed by atoms with Gasteiger partial charge in [0.05, 0.1) is 12.5 Å². The number of likely N-dealkylation sites (tertiary alicyclic amines) is 1. The molecule has 0 saturated carbocycles. The van der Waals surface area contributed by atoms with Crippen molar-refractivity contribution >= 4 is 11.8 Å². The molecule has 1 aliphatic rings. The Bertz CT molecular complexity index is 704.